The number of rotatable bonds is 38. The van der Waals surface area contributed by atoms with Crippen LogP contribution in [0.3, 0.4) is 0 Å². The Morgan fingerprint density at radius 3 is 1.66 bits per heavy atom. The molecule has 6 N–H and O–H groups in total. The van der Waals surface area contributed by atoms with E-state index in [4.69, 9.17) is 9.47 Å². The second-order valence-corrected chi connectivity index (χ2v) is 16.8. The third-order valence-corrected chi connectivity index (χ3v) is 11.6. The molecule has 1 saturated heterocycles. The van der Waals surface area contributed by atoms with Gasteiger partial charge in [-0.25, -0.2) is 0 Å². The first kappa shape index (κ1) is 52.7. The largest absolute Gasteiger partial charge is 0.394 e. The highest BCUT2D eigenvalue weighted by Crippen LogP contribution is 2.23. The molecule has 0 spiro atoms. The van der Waals surface area contributed by atoms with Crippen molar-refractivity contribution in [2.75, 3.05) is 13.2 Å². The summed E-state index contributed by atoms with van der Waals surface area (Å²) in [4.78, 5) is 12.9. The summed E-state index contributed by atoms with van der Waals surface area (Å²) < 4.78 is 11.2. The number of aliphatic hydroxyl groups excluding tert-OH is 5. The number of nitrogens with one attached hydrogen (secondary N) is 1. The van der Waals surface area contributed by atoms with Gasteiger partial charge in [-0.2, -0.15) is 0 Å². The van der Waals surface area contributed by atoms with Gasteiger partial charge < -0.3 is 40.3 Å². The third kappa shape index (κ3) is 27.4. The van der Waals surface area contributed by atoms with Crippen LogP contribution in [-0.4, -0.2) is 87.5 Å². The Morgan fingerprint density at radius 2 is 1.14 bits per heavy atom. The number of hydrogen-bond acceptors (Lipinski definition) is 8. The molecule has 8 atom stereocenters. The van der Waals surface area contributed by atoms with E-state index in [0.29, 0.717) is 12.8 Å². The van der Waals surface area contributed by atoms with Crippen molar-refractivity contribution in [1.29, 1.82) is 0 Å². The van der Waals surface area contributed by atoms with Gasteiger partial charge in [0.15, 0.2) is 6.29 Å². The van der Waals surface area contributed by atoms with Gasteiger partial charge in [-0.05, 0) is 44.4 Å². The summed E-state index contributed by atoms with van der Waals surface area (Å²) >= 11 is 0. The summed E-state index contributed by atoms with van der Waals surface area (Å²) in [7, 11) is 0. The molecule has 0 saturated carbocycles. The highest BCUT2D eigenvalue weighted by molar-refractivity contribution is 5.76. The van der Waals surface area contributed by atoms with Crippen molar-refractivity contribution in [2.24, 2.45) is 5.92 Å². The second-order valence-electron chi connectivity index (χ2n) is 16.8. The molecule has 0 aromatic heterocycles. The summed E-state index contributed by atoms with van der Waals surface area (Å²) in [6.07, 6.45) is 35.2. The zero-order valence-electron chi connectivity index (χ0n) is 36.3. The minimum Gasteiger partial charge on any atom is -0.394 e. The third-order valence-electron chi connectivity index (χ3n) is 11.6. The molecule has 330 valence electrons. The molecule has 56 heavy (non-hydrogen) atoms. The normalized spacial score (nSPS) is 21.9. The average molecular weight is 796 g/mol. The Labute approximate surface area is 343 Å². The monoisotopic (exact) mass is 796 g/mol. The van der Waals surface area contributed by atoms with Gasteiger partial charge in [0.25, 0.3) is 0 Å². The molecule has 9 nitrogen and oxygen atoms in total. The molecule has 1 aliphatic rings. The SMILES string of the molecule is CCCCCCCCCCCCCCCCCCC=CCCCC(=O)NC(COC1OC(CO)C(O)C(O)C1O)C(O)C=CCCCCCCCCC(C)CC. The van der Waals surface area contributed by atoms with Gasteiger partial charge in [0.2, 0.25) is 5.91 Å². The lowest BCUT2D eigenvalue weighted by molar-refractivity contribution is -0.302. The minimum absolute atomic E-state index is 0.199. The van der Waals surface area contributed by atoms with Gasteiger partial charge in [0.05, 0.1) is 25.4 Å². The highest BCUT2D eigenvalue weighted by atomic mass is 16.7. The first-order valence-corrected chi connectivity index (χ1v) is 23.5. The number of carbonyl (C=O) groups excluding carboxylic acids is 1. The van der Waals surface area contributed by atoms with Crippen molar-refractivity contribution in [2.45, 2.75) is 250 Å². The maximum absolute atomic E-state index is 12.9. The molecule has 0 radical (unpaired) electrons. The number of carbonyl (C=O) groups is 1. The molecule has 0 aromatic rings. The summed E-state index contributed by atoms with van der Waals surface area (Å²) in [6.45, 7) is 6.08. The van der Waals surface area contributed by atoms with Crippen molar-refractivity contribution in [3.8, 4) is 0 Å². The molecule has 0 bridgehead atoms. The fourth-order valence-corrected chi connectivity index (χ4v) is 7.37. The summed E-state index contributed by atoms with van der Waals surface area (Å²) in [5.41, 5.74) is 0. The summed E-state index contributed by atoms with van der Waals surface area (Å²) in [5.74, 6) is 0.604. The van der Waals surface area contributed by atoms with Crippen LogP contribution in [0.5, 0.6) is 0 Å². The van der Waals surface area contributed by atoms with Gasteiger partial charge in [0, 0.05) is 6.42 Å². The predicted octanol–water partition coefficient (Wildman–Crippen LogP) is 9.75. The van der Waals surface area contributed by atoms with Crippen LogP contribution >= 0.6 is 0 Å². The molecule has 1 amide bonds. The van der Waals surface area contributed by atoms with Crippen LogP contribution in [0.1, 0.15) is 207 Å². The van der Waals surface area contributed by atoms with E-state index in [1.54, 1.807) is 6.08 Å². The number of amides is 1. The number of hydrogen-bond donors (Lipinski definition) is 6. The van der Waals surface area contributed by atoms with E-state index < -0.39 is 49.5 Å². The fourth-order valence-electron chi connectivity index (χ4n) is 7.37. The Bertz CT molecular complexity index is 945. The minimum atomic E-state index is -1.57. The van der Waals surface area contributed by atoms with Crippen LogP contribution in [0.25, 0.3) is 0 Å². The van der Waals surface area contributed by atoms with Crippen LogP contribution < -0.4 is 5.32 Å². The second kappa shape index (κ2) is 36.7. The van der Waals surface area contributed by atoms with Gasteiger partial charge in [-0.1, -0.05) is 186 Å². The van der Waals surface area contributed by atoms with Crippen molar-refractivity contribution in [1.82, 2.24) is 5.32 Å². The Kier molecular flexibility index (Phi) is 34.6. The molecule has 1 rings (SSSR count). The highest BCUT2D eigenvalue weighted by Gasteiger charge is 2.44. The first-order chi connectivity index (χ1) is 27.2. The van der Waals surface area contributed by atoms with E-state index in [-0.39, 0.29) is 12.5 Å². The first-order valence-electron chi connectivity index (χ1n) is 23.5. The lowest BCUT2D eigenvalue weighted by atomic mass is 9.99. The predicted molar refractivity (Wildman–Crippen MR) is 230 cm³/mol. The van der Waals surface area contributed by atoms with E-state index >= 15 is 0 Å². The van der Waals surface area contributed by atoms with Gasteiger partial charge in [-0.3, -0.25) is 4.79 Å². The molecule has 1 aliphatic heterocycles. The Balaban J connectivity index is 2.32. The number of ether oxygens (including phenoxy) is 2. The average Bonchev–Trinajstić information content (AvgIpc) is 3.20. The fraction of sp³-hybridized carbons (Fsp3) is 0.894. The van der Waals surface area contributed by atoms with E-state index in [1.165, 1.54) is 141 Å². The van der Waals surface area contributed by atoms with E-state index in [1.807, 2.05) is 6.08 Å². The molecule has 1 fully saturated rings. The molecule has 0 aliphatic carbocycles. The van der Waals surface area contributed by atoms with Crippen LogP contribution in [0.15, 0.2) is 24.3 Å². The zero-order chi connectivity index (χ0) is 41.1. The van der Waals surface area contributed by atoms with Gasteiger partial charge >= 0.3 is 0 Å². The van der Waals surface area contributed by atoms with Gasteiger partial charge in [-0.15, -0.1) is 0 Å². The smallest absolute Gasteiger partial charge is 0.220 e. The lowest BCUT2D eigenvalue weighted by Gasteiger charge is -2.40. The summed E-state index contributed by atoms with van der Waals surface area (Å²) in [6, 6.07) is -0.818. The number of unbranched alkanes of at least 4 members (excludes halogenated alkanes) is 23. The molecule has 0 aromatic carbocycles. The molecule has 8 unspecified atom stereocenters. The van der Waals surface area contributed by atoms with Crippen LogP contribution in [0, 0.1) is 5.92 Å². The van der Waals surface area contributed by atoms with Crippen LogP contribution in [0.4, 0.5) is 0 Å². The molecule has 1 heterocycles. The molecular formula is C47H89NO8. The maximum atomic E-state index is 12.9. The maximum Gasteiger partial charge on any atom is 0.220 e. The van der Waals surface area contributed by atoms with E-state index in [2.05, 4.69) is 38.2 Å². The topological polar surface area (TPSA) is 149 Å². The van der Waals surface area contributed by atoms with Crippen LogP contribution in [-0.2, 0) is 14.3 Å². The zero-order valence-corrected chi connectivity index (χ0v) is 36.3. The standard InChI is InChI=1S/C47H89NO8/c1-4-6-7-8-9-10-11-12-13-14-15-16-17-18-19-20-21-22-27-30-33-36-43(51)48-40(38-55-47-46(54)45(53)44(52)42(37-49)56-47)41(50)35-32-29-26-24-23-25-28-31-34-39(3)5-2/h22,27,32,35,39-42,44-47,49-50,52-54H,4-21,23-26,28-31,33-34,36-38H2,1-3H3,(H,48,51). The van der Waals surface area contributed by atoms with Crippen molar-refractivity contribution in [3.63, 3.8) is 0 Å². The van der Waals surface area contributed by atoms with Crippen molar-refractivity contribution >= 4 is 5.91 Å². The Hall–Kier alpha value is -1.33. The van der Waals surface area contributed by atoms with Crippen molar-refractivity contribution < 1.29 is 39.8 Å². The van der Waals surface area contributed by atoms with E-state index in [9.17, 15) is 30.3 Å². The van der Waals surface area contributed by atoms with Crippen molar-refractivity contribution in [3.05, 3.63) is 24.3 Å². The molecular weight excluding hydrogens is 707 g/mol. The molecule has 9 heteroatoms. The lowest BCUT2D eigenvalue weighted by Crippen LogP contribution is -2.60. The quantitative estimate of drug-likeness (QED) is 0.0267. The number of aliphatic hydroxyl groups is 5. The van der Waals surface area contributed by atoms with Gasteiger partial charge in [0.1, 0.15) is 24.4 Å². The van der Waals surface area contributed by atoms with E-state index in [0.717, 1.165) is 38.0 Å². The summed E-state index contributed by atoms with van der Waals surface area (Å²) in [5, 5.41) is 54.1. The Morgan fingerprint density at radius 1 is 0.661 bits per heavy atom. The number of allylic oxidation sites excluding steroid dienone is 3. The van der Waals surface area contributed by atoms with Crippen LogP contribution in [0.2, 0.25) is 0 Å².